The van der Waals surface area contributed by atoms with Gasteiger partial charge in [0.2, 0.25) is 0 Å². The molecule has 0 aliphatic heterocycles. The quantitative estimate of drug-likeness (QED) is 0.0196. The van der Waals surface area contributed by atoms with Gasteiger partial charge in [-0.3, -0.25) is 14.2 Å². The van der Waals surface area contributed by atoms with Gasteiger partial charge in [-0.15, -0.1) is 0 Å². The van der Waals surface area contributed by atoms with Gasteiger partial charge in [0.1, 0.15) is 19.8 Å². The predicted octanol–water partition coefficient (Wildman–Crippen LogP) is 13.8. The fourth-order valence-corrected chi connectivity index (χ4v) is 6.43. The summed E-state index contributed by atoms with van der Waals surface area (Å²) in [5, 5.41) is 0. The van der Waals surface area contributed by atoms with Crippen molar-refractivity contribution in [3.8, 4) is 0 Å². The van der Waals surface area contributed by atoms with Gasteiger partial charge in [0.25, 0.3) is 7.82 Å². The first-order valence-corrected chi connectivity index (χ1v) is 25.7. The van der Waals surface area contributed by atoms with Crippen molar-refractivity contribution in [1.82, 2.24) is 0 Å². The lowest BCUT2D eigenvalue weighted by atomic mass is 10.1. The number of quaternary nitrogens is 1. The third kappa shape index (κ3) is 47.9. The van der Waals surface area contributed by atoms with Gasteiger partial charge in [0.15, 0.2) is 6.10 Å². The summed E-state index contributed by atoms with van der Waals surface area (Å²) < 4.78 is 33.9. The molecule has 362 valence electrons. The number of nitrogens with zero attached hydrogens (tertiary/aromatic N) is 1. The lowest BCUT2D eigenvalue weighted by molar-refractivity contribution is -0.870. The van der Waals surface area contributed by atoms with E-state index in [1.54, 1.807) is 0 Å². The fourth-order valence-electron chi connectivity index (χ4n) is 5.71. The molecule has 0 spiro atoms. The number of ether oxygens (including phenoxy) is 2. The summed E-state index contributed by atoms with van der Waals surface area (Å²) in [4.78, 5) is 37.6. The van der Waals surface area contributed by atoms with Gasteiger partial charge < -0.3 is 27.9 Å². The van der Waals surface area contributed by atoms with Gasteiger partial charge in [0, 0.05) is 12.8 Å². The van der Waals surface area contributed by atoms with E-state index in [0.29, 0.717) is 23.9 Å². The molecule has 10 heteroatoms. The molecule has 0 saturated heterocycles. The van der Waals surface area contributed by atoms with E-state index < -0.39 is 32.5 Å². The topological polar surface area (TPSA) is 111 Å². The van der Waals surface area contributed by atoms with Gasteiger partial charge in [0.05, 0.1) is 27.7 Å². The summed E-state index contributed by atoms with van der Waals surface area (Å²) in [6, 6.07) is 0. The van der Waals surface area contributed by atoms with Gasteiger partial charge in [-0.1, -0.05) is 161 Å². The molecule has 0 heterocycles. The van der Waals surface area contributed by atoms with Crippen LogP contribution in [0, 0.1) is 0 Å². The first-order valence-electron chi connectivity index (χ1n) is 24.2. The van der Waals surface area contributed by atoms with Crippen LogP contribution in [-0.2, 0) is 32.7 Å². The first kappa shape index (κ1) is 60.4. The Hall–Kier alpha value is -3.59. The highest BCUT2D eigenvalue weighted by Crippen LogP contribution is 2.38. The number of likely N-dealkylation sites (N-methyl/N-ethyl adjacent to an activating group) is 1. The normalized spacial score (nSPS) is 14.5. The van der Waals surface area contributed by atoms with E-state index in [0.717, 1.165) is 109 Å². The van der Waals surface area contributed by atoms with Crippen LogP contribution in [0.15, 0.2) is 122 Å². The molecule has 0 saturated carbocycles. The second-order valence-electron chi connectivity index (χ2n) is 16.7. The molecule has 0 aromatic heterocycles. The van der Waals surface area contributed by atoms with Crippen molar-refractivity contribution in [1.29, 1.82) is 0 Å². The monoisotopic (exact) mass is 910 g/mol. The third-order valence-electron chi connectivity index (χ3n) is 9.45. The largest absolute Gasteiger partial charge is 0.756 e. The molecule has 0 radical (unpaired) electrons. The summed E-state index contributed by atoms with van der Waals surface area (Å²) in [5.74, 6) is -0.916. The number of allylic oxidation sites excluding steroid dienone is 20. The Bertz CT molecular complexity index is 1490. The van der Waals surface area contributed by atoms with E-state index in [9.17, 15) is 19.0 Å². The van der Waals surface area contributed by atoms with Gasteiger partial charge in [-0.2, -0.15) is 0 Å². The molecule has 0 amide bonds. The zero-order valence-corrected chi connectivity index (χ0v) is 41.6. The van der Waals surface area contributed by atoms with Crippen LogP contribution < -0.4 is 4.89 Å². The second-order valence-corrected chi connectivity index (χ2v) is 18.1. The molecule has 0 fully saturated rings. The summed E-state index contributed by atoms with van der Waals surface area (Å²) in [6.45, 7) is 3.95. The fraction of sp³-hybridized carbons (Fsp3) is 0.593. The Morgan fingerprint density at radius 1 is 0.500 bits per heavy atom. The highest BCUT2D eigenvalue weighted by Gasteiger charge is 2.21. The Labute approximate surface area is 390 Å². The molecular weight excluding hydrogens is 822 g/mol. The second kappa shape index (κ2) is 44.6. The van der Waals surface area contributed by atoms with Crippen LogP contribution in [0.4, 0.5) is 0 Å². The highest BCUT2D eigenvalue weighted by molar-refractivity contribution is 7.45. The maximum absolute atomic E-state index is 12.7. The number of rotatable bonds is 42. The molecular formula is C54H88NO8P. The van der Waals surface area contributed by atoms with Crippen molar-refractivity contribution in [3.05, 3.63) is 122 Å². The van der Waals surface area contributed by atoms with Crippen LogP contribution in [0.25, 0.3) is 0 Å². The zero-order chi connectivity index (χ0) is 47.1. The molecule has 0 aliphatic rings. The summed E-state index contributed by atoms with van der Waals surface area (Å²) in [5.41, 5.74) is 0. The maximum atomic E-state index is 12.7. The standard InChI is InChI=1S/C54H88NO8P/c1-6-8-10-12-14-16-18-20-21-22-23-24-25-26-27-28-29-30-31-32-33-35-37-39-41-43-45-47-54(57)63-52(51-62-64(58,59)61-49-48-55(3,4)5)50-60-53(56)46-44-42-40-38-36-34-19-17-15-13-11-9-7-2/h8,10-11,13-14,16-17,19-21,23-24,26-27,29-30,32-33,37,39,52H,6-7,9,12,15,18,22,25,28,31,34-36,38,40-51H2,1-5H3/b10-8-,13-11-,16-14-,19-17-,21-20-,24-23-,27-26-,30-29-,33-32-,39-37-. The van der Waals surface area contributed by atoms with Crippen LogP contribution in [0.5, 0.6) is 0 Å². The number of phosphoric ester groups is 1. The first-order chi connectivity index (χ1) is 31.0. The summed E-state index contributed by atoms with van der Waals surface area (Å²) in [7, 11) is 1.10. The molecule has 2 unspecified atom stereocenters. The summed E-state index contributed by atoms with van der Waals surface area (Å²) >= 11 is 0. The van der Waals surface area contributed by atoms with Crippen LogP contribution in [-0.4, -0.2) is 70.0 Å². The minimum Gasteiger partial charge on any atom is -0.756 e. The molecule has 9 nitrogen and oxygen atoms in total. The molecule has 0 aromatic rings. The van der Waals surface area contributed by atoms with Crippen molar-refractivity contribution in [2.24, 2.45) is 0 Å². The van der Waals surface area contributed by atoms with Crippen molar-refractivity contribution in [3.63, 3.8) is 0 Å². The number of unbranched alkanes of at least 4 members (excludes halogenated alkanes) is 8. The van der Waals surface area contributed by atoms with Crippen LogP contribution in [0.3, 0.4) is 0 Å². The molecule has 0 rings (SSSR count). The van der Waals surface area contributed by atoms with Gasteiger partial charge >= 0.3 is 11.9 Å². The zero-order valence-electron chi connectivity index (χ0n) is 40.7. The number of phosphoric acid groups is 1. The molecule has 64 heavy (non-hydrogen) atoms. The van der Waals surface area contributed by atoms with Crippen LogP contribution in [0.1, 0.15) is 155 Å². The minimum atomic E-state index is -4.65. The van der Waals surface area contributed by atoms with Gasteiger partial charge in [-0.05, 0) is 103 Å². The highest BCUT2D eigenvalue weighted by atomic mass is 31.2. The van der Waals surface area contributed by atoms with Crippen molar-refractivity contribution >= 4 is 19.8 Å². The third-order valence-corrected chi connectivity index (χ3v) is 10.4. The molecule has 0 bridgehead atoms. The average Bonchev–Trinajstić information content (AvgIpc) is 3.25. The minimum absolute atomic E-state index is 0.0494. The van der Waals surface area contributed by atoms with Gasteiger partial charge in [-0.25, -0.2) is 0 Å². The lowest BCUT2D eigenvalue weighted by Gasteiger charge is -2.28. The maximum Gasteiger partial charge on any atom is 0.306 e. The van der Waals surface area contributed by atoms with E-state index in [1.807, 2.05) is 21.1 Å². The van der Waals surface area contributed by atoms with E-state index in [2.05, 4.69) is 135 Å². The van der Waals surface area contributed by atoms with E-state index in [1.165, 1.54) is 6.42 Å². The lowest BCUT2D eigenvalue weighted by Crippen LogP contribution is -2.37. The Morgan fingerprint density at radius 2 is 0.891 bits per heavy atom. The predicted molar refractivity (Wildman–Crippen MR) is 268 cm³/mol. The van der Waals surface area contributed by atoms with Crippen LogP contribution >= 0.6 is 7.82 Å². The van der Waals surface area contributed by atoms with E-state index in [4.69, 9.17) is 18.5 Å². The number of hydrogen-bond acceptors (Lipinski definition) is 8. The van der Waals surface area contributed by atoms with Crippen LogP contribution in [0.2, 0.25) is 0 Å². The Balaban J connectivity index is 4.41. The Kier molecular flexibility index (Phi) is 42.1. The average molecular weight is 910 g/mol. The number of carbonyl (C=O) groups excluding carboxylic acids is 2. The smallest absolute Gasteiger partial charge is 0.306 e. The van der Waals surface area contributed by atoms with E-state index >= 15 is 0 Å². The van der Waals surface area contributed by atoms with E-state index in [-0.39, 0.29) is 26.1 Å². The molecule has 0 aromatic carbocycles. The number of esters is 2. The van der Waals surface area contributed by atoms with Crippen molar-refractivity contribution < 1.29 is 42.1 Å². The summed E-state index contributed by atoms with van der Waals surface area (Å²) in [6.07, 6.45) is 62.4. The SMILES string of the molecule is CC/C=C\C/C=C\C/C=C\C/C=C\C/C=C\C/C=C\C/C=C\C/C=C\CCCCC(=O)OC(COC(=O)CCCCCCC/C=C\C/C=C\CCC)COP(=O)([O-])OCC[N+](C)(C)C. The molecule has 0 N–H and O–H groups in total. The molecule has 0 aliphatic carbocycles. The van der Waals surface area contributed by atoms with Crippen molar-refractivity contribution in [2.75, 3.05) is 47.5 Å². The number of hydrogen-bond donors (Lipinski definition) is 0. The Morgan fingerprint density at radius 3 is 1.36 bits per heavy atom. The number of carbonyl (C=O) groups is 2. The molecule has 2 atom stereocenters. The van der Waals surface area contributed by atoms with Crippen molar-refractivity contribution in [2.45, 2.75) is 161 Å².